The number of benzene rings is 1. The minimum absolute atomic E-state index is 0.200. The number of nitrogens with one attached hydrogen (secondary N) is 1. The molecule has 7 heteroatoms. The molecule has 1 aromatic carbocycles. The number of anilines is 1. The fourth-order valence-electron chi connectivity index (χ4n) is 2.71. The van der Waals surface area contributed by atoms with Crippen LogP contribution in [-0.4, -0.2) is 51.3 Å². The first-order valence-corrected chi connectivity index (χ1v) is 9.20. The number of amides is 1. The van der Waals surface area contributed by atoms with Crippen molar-refractivity contribution >= 4 is 32.6 Å². The quantitative estimate of drug-likeness (QED) is 0.871. The molecule has 3 rings (SSSR count). The van der Waals surface area contributed by atoms with Gasteiger partial charge in [-0.1, -0.05) is 17.4 Å². The minimum Gasteiger partial charge on any atom is -0.494 e. The summed E-state index contributed by atoms with van der Waals surface area (Å²) in [6.07, 6.45) is 1.41. The third-order valence-electron chi connectivity index (χ3n) is 3.99. The highest BCUT2D eigenvalue weighted by atomic mass is 32.1. The maximum absolute atomic E-state index is 12.9. The van der Waals surface area contributed by atoms with E-state index in [1.807, 2.05) is 0 Å². The highest BCUT2D eigenvalue weighted by Gasteiger charge is 2.27. The molecule has 0 atom stereocenters. The standard InChI is InChI=1S/C18H23N3O3S/c1-12-9-13(2)16-15(10-12)25-18(19-16)21(6-5-20(3)4)17(22)14-11-23-7-8-24-14/h9-11H,5-8H2,1-4H3/p+1. The molecule has 0 saturated carbocycles. The van der Waals surface area contributed by atoms with Crippen LogP contribution < -0.4 is 9.80 Å². The number of hydrogen-bond acceptors (Lipinski definition) is 5. The molecule has 2 heterocycles. The zero-order valence-electron chi connectivity index (χ0n) is 15.1. The highest BCUT2D eigenvalue weighted by molar-refractivity contribution is 7.22. The Balaban J connectivity index is 1.97. The van der Waals surface area contributed by atoms with Gasteiger partial charge in [0.2, 0.25) is 5.76 Å². The summed E-state index contributed by atoms with van der Waals surface area (Å²) in [5.74, 6) is 0.0431. The zero-order chi connectivity index (χ0) is 18.0. The summed E-state index contributed by atoms with van der Waals surface area (Å²) in [6.45, 7) is 6.37. The van der Waals surface area contributed by atoms with Gasteiger partial charge >= 0.3 is 0 Å². The molecule has 134 valence electrons. The van der Waals surface area contributed by atoms with E-state index in [-0.39, 0.29) is 11.7 Å². The average Bonchev–Trinajstić information content (AvgIpc) is 2.99. The van der Waals surface area contributed by atoms with Crippen molar-refractivity contribution in [2.45, 2.75) is 13.8 Å². The summed E-state index contributed by atoms with van der Waals surface area (Å²) in [6, 6.07) is 4.23. The molecule has 1 N–H and O–H groups in total. The monoisotopic (exact) mass is 362 g/mol. The van der Waals surface area contributed by atoms with Crippen LogP contribution in [0.1, 0.15) is 11.1 Å². The van der Waals surface area contributed by atoms with E-state index < -0.39 is 0 Å². The lowest BCUT2D eigenvalue weighted by Crippen LogP contribution is -3.06. The van der Waals surface area contributed by atoms with Crippen LogP contribution in [-0.2, 0) is 14.3 Å². The van der Waals surface area contributed by atoms with Crippen LogP contribution in [0.15, 0.2) is 24.2 Å². The SMILES string of the molecule is Cc1cc(C)c2nc(N(CC[NH+](C)C)C(=O)C3=COCCO3)sc2c1. The topological polar surface area (TPSA) is 56.1 Å². The predicted octanol–water partition coefficient (Wildman–Crippen LogP) is 1.28. The third kappa shape index (κ3) is 3.93. The molecular formula is C18H24N3O3S+. The Bertz CT molecular complexity index is 813. The van der Waals surface area contributed by atoms with E-state index in [4.69, 9.17) is 14.5 Å². The van der Waals surface area contributed by atoms with Crippen molar-refractivity contribution in [3.8, 4) is 0 Å². The fourth-order valence-corrected chi connectivity index (χ4v) is 3.87. The summed E-state index contributed by atoms with van der Waals surface area (Å²) in [4.78, 5) is 20.7. The summed E-state index contributed by atoms with van der Waals surface area (Å²) in [5, 5.41) is 0.699. The maximum Gasteiger partial charge on any atom is 0.298 e. The molecule has 0 unspecified atom stereocenters. The molecule has 0 radical (unpaired) electrons. The Kier molecular flexibility index (Phi) is 5.24. The Labute approximate surface area is 151 Å². The molecular weight excluding hydrogens is 338 g/mol. The minimum atomic E-state index is -0.200. The molecule has 1 aliphatic heterocycles. The van der Waals surface area contributed by atoms with Gasteiger partial charge in [0.15, 0.2) is 5.13 Å². The van der Waals surface area contributed by atoms with E-state index in [9.17, 15) is 4.79 Å². The normalized spacial score (nSPS) is 14.2. The number of aromatic nitrogens is 1. The van der Waals surface area contributed by atoms with E-state index in [0.717, 1.165) is 22.3 Å². The third-order valence-corrected chi connectivity index (χ3v) is 5.02. The van der Waals surface area contributed by atoms with Gasteiger partial charge in [-0.05, 0) is 31.0 Å². The first kappa shape index (κ1) is 17.7. The summed E-state index contributed by atoms with van der Waals surface area (Å²) in [7, 11) is 4.13. The Hall–Kier alpha value is -2.12. The molecule has 1 amide bonds. The van der Waals surface area contributed by atoms with Crippen molar-refractivity contribution < 1.29 is 19.2 Å². The highest BCUT2D eigenvalue weighted by Crippen LogP contribution is 2.32. The zero-order valence-corrected chi connectivity index (χ0v) is 15.9. The Morgan fingerprint density at radius 2 is 2.12 bits per heavy atom. The molecule has 2 aromatic rings. The van der Waals surface area contributed by atoms with Gasteiger partial charge in [0.05, 0.1) is 37.4 Å². The predicted molar refractivity (Wildman–Crippen MR) is 99.1 cm³/mol. The van der Waals surface area contributed by atoms with Gasteiger partial charge in [-0.3, -0.25) is 9.69 Å². The van der Waals surface area contributed by atoms with Gasteiger partial charge in [-0.15, -0.1) is 0 Å². The number of likely N-dealkylation sites (N-methyl/N-ethyl adjacent to an activating group) is 1. The van der Waals surface area contributed by atoms with Crippen molar-refractivity contribution in [2.75, 3.05) is 45.3 Å². The van der Waals surface area contributed by atoms with Gasteiger partial charge < -0.3 is 14.4 Å². The number of fused-ring (bicyclic) bond motifs is 1. The molecule has 1 aliphatic rings. The van der Waals surface area contributed by atoms with Crippen molar-refractivity contribution in [1.29, 1.82) is 0 Å². The largest absolute Gasteiger partial charge is 0.494 e. The maximum atomic E-state index is 12.9. The van der Waals surface area contributed by atoms with E-state index in [1.165, 1.54) is 28.1 Å². The number of thiazole rings is 1. The number of rotatable bonds is 5. The van der Waals surface area contributed by atoms with Crippen molar-refractivity contribution in [2.24, 2.45) is 0 Å². The number of carbonyl (C=O) groups excluding carboxylic acids is 1. The second-order valence-electron chi connectivity index (χ2n) is 6.54. The summed E-state index contributed by atoms with van der Waals surface area (Å²) < 4.78 is 11.8. The smallest absolute Gasteiger partial charge is 0.298 e. The van der Waals surface area contributed by atoms with Crippen LogP contribution in [0.3, 0.4) is 0 Å². The van der Waals surface area contributed by atoms with Crippen LogP contribution in [0.2, 0.25) is 0 Å². The van der Waals surface area contributed by atoms with Gasteiger partial charge in [0.1, 0.15) is 19.5 Å². The molecule has 0 fully saturated rings. The van der Waals surface area contributed by atoms with Crippen LogP contribution >= 0.6 is 11.3 Å². The summed E-state index contributed by atoms with van der Waals surface area (Å²) in [5.41, 5.74) is 3.28. The van der Waals surface area contributed by atoms with Crippen LogP contribution in [0.4, 0.5) is 5.13 Å². The molecule has 0 spiro atoms. The lowest BCUT2D eigenvalue weighted by Gasteiger charge is -2.23. The van der Waals surface area contributed by atoms with Crippen LogP contribution in [0.25, 0.3) is 10.2 Å². The lowest BCUT2D eigenvalue weighted by molar-refractivity contribution is -0.856. The van der Waals surface area contributed by atoms with Gasteiger partial charge in [0, 0.05) is 0 Å². The Morgan fingerprint density at radius 3 is 2.80 bits per heavy atom. The first-order chi connectivity index (χ1) is 12.0. The molecule has 6 nitrogen and oxygen atoms in total. The second-order valence-corrected chi connectivity index (χ2v) is 7.55. The van der Waals surface area contributed by atoms with E-state index in [1.54, 1.807) is 4.90 Å². The van der Waals surface area contributed by atoms with E-state index >= 15 is 0 Å². The van der Waals surface area contributed by atoms with Gasteiger partial charge in [-0.25, -0.2) is 4.98 Å². The molecule has 1 aromatic heterocycles. The Morgan fingerprint density at radius 1 is 1.32 bits per heavy atom. The van der Waals surface area contributed by atoms with Crippen molar-refractivity contribution in [3.63, 3.8) is 0 Å². The summed E-state index contributed by atoms with van der Waals surface area (Å²) >= 11 is 1.54. The number of aryl methyl sites for hydroxylation is 2. The molecule has 25 heavy (non-hydrogen) atoms. The second kappa shape index (κ2) is 7.41. The fraction of sp³-hybridized carbons (Fsp3) is 0.444. The molecule has 0 saturated heterocycles. The van der Waals surface area contributed by atoms with Crippen molar-refractivity contribution in [3.05, 3.63) is 35.3 Å². The van der Waals surface area contributed by atoms with Crippen molar-refractivity contribution in [1.82, 2.24) is 4.98 Å². The number of carbonyl (C=O) groups is 1. The van der Waals surface area contributed by atoms with Crippen LogP contribution in [0.5, 0.6) is 0 Å². The van der Waals surface area contributed by atoms with Crippen LogP contribution in [0, 0.1) is 13.8 Å². The van der Waals surface area contributed by atoms with E-state index in [2.05, 4.69) is 40.1 Å². The number of nitrogens with zero attached hydrogens (tertiary/aromatic N) is 2. The average molecular weight is 362 g/mol. The lowest BCUT2D eigenvalue weighted by atomic mass is 10.1. The van der Waals surface area contributed by atoms with Gasteiger partial charge in [0.25, 0.3) is 5.91 Å². The van der Waals surface area contributed by atoms with Gasteiger partial charge in [-0.2, -0.15) is 0 Å². The molecule has 0 bridgehead atoms. The first-order valence-electron chi connectivity index (χ1n) is 8.39. The molecule has 0 aliphatic carbocycles. The van der Waals surface area contributed by atoms with E-state index in [0.29, 0.717) is 24.9 Å². The number of ether oxygens (including phenoxy) is 2. The number of quaternary nitrogens is 1. The number of hydrogen-bond donors (Lipinski definition) is 1.